The average Bonchev–Trinajstić information content (AvgIpc) is 2.82. The monoisotopic (exact) mass is 277 g/mol. The number of nitrogens with two attached hydrogens (primary N) is 1. The van der Waals surface area contributed by atoms with Gasteiger partial charge in [0.1, 0.15) is 5.82 Å². The number of nitrogens with one attached hydrogen (secondary N) is 1. The van der Waals surface area contributed by atoms with Crippen molar-refractivity contribution < 1.29 is 4.74 Å². The summed E-state index contributed by atoms with van der Waals surface area (Å²) in [5.74, 6) is 1.29. The van der Waals surface area contributed by atoms with Gasteiger partial charge in [-0.25, -0.2) is 0 Å². The Morgan fingerprint density at radius 2 is 2.16 bits per heavy atom. The van der Waals surface area contributed by atoms with Crippen LogP contribution in [0.15, 0.2) is 24.3 Å². The molecule has 0 bridgehead atoms. The fourth-order valence-electron chi connectivity index (χ4n) is 1.62. The molecule has 0 unspecified atom stereocenters. The molecule has 0 atom stereocenters. The molecule has 0 saturated heterocycles. The Kier molecular flexibility index (Phi) is 4.63. The molecule has 0 radical (unpaired) electrons. The van der Waals surface area contributed by atoms with Crippen LogP contribution in [0.25, 0.3) is 0 Å². The number of thiophene rings is 1. The minimum atomic E-state index is 0.509. The molecule has 0 saturated carbocycles. The molecule has 0 fully saturated rings. The number of pyridine rings is 1. The van der Waals surface area contributed by atoms with Gasteiger partial charge in [0.2, 0.25) is 5.88 Å². The summed E-state index contributed by atoms with van der Waals surface area (Å²) in [5.41, 5.74) is 6.40. The summed E-state index contributed by atoms with van der Waals surface area (Å²) in [4.78, 5) is 6.98. The van der Waals surface area contributed by atoms with E-state index in [9.17, 15) is 0 Å². The van der Waals surface area contributed by atoms with Crippen molar-refractivity contribution in [3.8, 4) is 5.88 Å². The molecule has 2 rings (SSSR count). The number of aryl methyl sites for hydroxylation is 1. The lowest BCUT2D eigenvalue weighted by Crippen LogP contribution is -2.05. The van der Waals surface area contributed by atoms with E-state index in [2.05, 4.69) is 36.3 Å². The lowest BCUT2D eigenvalue weighted by Gasteiger charge is -2.09. The first-order valence-electron chi connectivity index (χ1n) is 6.37. The third-order valence-electron chi connectivity index (χ3n) is 2.57. The molecule has 5 heteroatoms. The maximum atomic E-state index is 5.83. The number of nitrogens with zero attached hydrogens (tertiary/aromatic N) is 1. The molecular formula is C14H19N3OS. The van der Waals surface area contributed by atoms with E-state index in [4.69, 9.17) is 10.5 Å². The topological polar surface area (TPSA) is 60.2 Å². The largest absolute Gasteiger partial charge is 0.476 e. The van der Waals surface area contributed by atoms with Crippen LogP contribution in [0.4, 0.5) is 11.5 Å². The second-order valence-corrected chi connectivity index (χ2v) is 5.68. The van der Waals surface area contributed by atoms with Crippen LogP contribution >= 0.6 is 11.3 Å². The van der Waals surface area contributed by atoms with Gasteiger partial charge in [0.25, 0.3) is 0 Å². The highest BCUT2D eigenvalue weighted by atomic mass is 32.1. The molecule has 0 amide bonds. The summed E-state index contributed by atoms with van der Waals surface area (Å²) in [6.07, 6.45) is 0.938. The van der Waals surface area contributed by atoms with E-state index in [1.54, 1.807) is 11.3 Å². The Balaban J connectivity index is 2.00. The van der Waals surface area contributed by atoms with Gasteiger partial charge < -0.3 is 15.8 Å². The Morgan fingerprint density at radius 3 is 2.84 bits per heavy atom. The van der Waals surface area contributed by atoms with Crippen molar-refractivity contribution in [2.24, 2.45) is 0 Å². The molecule has 0 aliphatic carbocycles. The molecule has 3 N–H and O–H groups in total. The Hall–Kier alpha value is -1.75. The Morgan fingerprint density at radius 1 is 1.32 bits per heavy atom. The molecule has 4 nitrogen and oxygen atoms in total. The predicted octanol–water partition coefficient (Wildman–Crippen LogP) is 3.43. The molecular weight excluding hydrogens is 258 g/mol. The van der Waals surface area contributed by atoms with Crippen LogP contribution in [0, 0.1) is 6.92 Å². The van der Waals surface area contributed by atoms with Crippen LogP contribution in [0.3, 0.4) is 0 Å². The Labute approximate surface area is 117 Å². The van der Waals surface area contributed by atoms with Gasteiger partial charge in [0, 0.05) is 9.75 Å². The van der Waals surface area contributed by atoms with Crippen molar-refractivity contribution in [2.75, 3.05) is 17.7 Å². The maximum Gasteiger partial charge on any atom is 0.239 e. The molecule has 2 aromatic rings. The maximum absolute atomic E-state index is 5.83. The lowest BCUT2D eigenvalue weighted by atomic mass is 10.4. The van der Waals surface area contributed by atoms with Crippen molar-refractivity contribution in [3.63, 3.8) is 0 Å². The summed E-state index contributed by atoms with van der Waals surface area (Å²) >= 11 is 1.78. The van der Waals surface area contributed by atoms with Crippen molar-refractivity contribution in [1.82, 2.24) is 4.98 Å². The highest BCUT2D eigenvalue weighted by Crippen LogP contribution is 2.22. The van der Waals surface area contributed by atoms with Crippen molar-refractivity contribution >= 4 is 22.8 Å². The predicted molar refractivity (Wildman–Crippen MR) is 80.8 cm³/mol. The van der Waals surface area contributed by atoms with Crippen LogP contribution in [0.2, 0.25) is 0 Å². The number of rotatable bonds is 6. The summed E-state index contributed by atoms with van der Waals surface area (Å²) in [6, 6.07) is 7.93. The zero-order valence-electron chi connectivity index (χ0n) is 11.3. The highest BCUT2D eigenvalue weighted by Gasteiger charge is 2.04. The van der Waals surface area contributed by atoms with E-state index in [0.29, 0.717) is 18.2 Å². The molecule has 19 heavy (non-hydrogen) atoms. The van der Waals surface area contributed by atoms with Gasteiger partial charge in [-0.2, -0.15) is 4.98 Å². The molecule has 0 aromatic carbocycles. The number of ether oxygens (including phenoxy) is 1. The van der Waals surface area contributed by atoms with E-state index < -0.39 is 0 Å². The molecule has 0 spiro atoms. The summed E-state index contributed by atoms with van der Waals surface area (Å²) < 4.78 is 5.51. The van der Waals surface area contributed by atoms with Gasteiger partial charge in [0.15, 0.2) is 0 Å². The quantitative estimate of drug-likeness (QED) is 0.849. The summed E-state index contributed by atoms with van der Waals surface area (Å²) in [7, 11) is 0. The second-order valence-electron chi connectivity index (χ2n) is 4.31. The van der Waals surface area contributed by atoms with E-state index in [1.807, 2.05) is 12.1 Å². The lowest BCUT2D eigenvalue weighted by molar-refractivity contribution is 0.307. The standard InChI is InChI=1S/C14H19N3OS/c1-3-8-18-14-12(15)6-7-13(17-14)16-9-11-5-4-10(2)19-11/h4-7H,3,8-9,15H2,1-2H3,(H,16,17). The van der Waals surface area contributed by atoms with Crippen LogP contribution < -0.4 is 15.8 Å². The average molecular weight is 277 g/mol. The van der Waals surface area contributed by atoms with Crippen molar-refractivity contribution in [2.45, 2.75) is 26.8 Å². The molecule has 102 valence electrons. The first-order chi connectivity index (χ1) is 9.19. The zero-order chi connectivity index (χ0) is 13.7. The van der Waals surface area contributed by atoms with Gasteiger partial charge in [-0.1, -0.05) is 6.92 Å². The zero-order valence-corrected chi connectivity index (χ0v) is 12.1. The molecule has 0 aliphatic rings. The third kappa shape index (κ3) is 3.86. The van der Waals surface area contributed by atoms with E-state index in [-0.39, 0.29) is 0 Å². The normalized spacial score (nSPS) is 10.4. The SMILES string of the molecule is CCCOc1nc(NCc2ccc(C)s2)ccc1N. The van der Waals surface area contributed by atoms with Crippen LogP contribution in [-0.2, 0) is 6.54 Å². The van der Waals surface area contributed by atoms with Crippen molar-refractivity contribution in [1.29, 1.82) is 0 Å². The van der Waals surface area contributed by atoms with E-state index in [0.717, 1.165) is 18.8 Å². The van der Waals surface area contributed by atoms with Crippen LogP contribution in [0.5, 0.6) is 5.88 Å². The summed E-state index contributed by atoms with van der Waals surface area (Å²) in [6.45, 7) is 5.55. The second kappa shape index (κ2) is 6.43. The van der Waals surface area contributed by atoms with Gasteiger partial charge >= 0.3 is 0 Å². The molecule has 2 heterocycles. The Bertz CT molecular complexity index is 539. The third-order valence-corrected chi connectivity index (χ3v) is 3.57. The van der Waals surface area contributed by atoms with Gasteiger partial charge in [0.05, 0.1) is 18.8 Å². The van der Waals surface area contributed by atoms with Crippen LogP contribution in [0.1, 0.15) is 23.1 Å². The first-order valence-corrected chi connectivity index (χ1v) is 7.19. The minimum absolute atomic E-state index is 0.509. The van der Waals surface area contributed by atoms with Crippen LogP contribution in [-0.4, -0.2) is 11.6 Å². The minimum Gasteiger partial charge on any atom is -0.476 e. The first kappa shape index (κ1) is 13.7. The van der Waals surface area contributed by atoms with Gasteiger partial charge in [-0.15, -0.1) is 11.3 Å². The fourth-order valence-corrected chi connectivity index (χ4v) is 2.45. The number of hydrogen-bond acceptors (Lipinski definition) is 5. The van der Waals surface area contributed by atoms with E-state index >= 15 is 0 Å². The number of aromatic nitrogens is 1. The number of nitrogen functional groups attached to an aromatic ring is 1. The summed E-state index contributed by atoms with van der Waals surface area (Å²) in [5, 5.41) is 3.28. The number of anilines is 2. The highest BCUT2D eigenvalue weighted by molar-refractivity contribution is 7.11. The van der Waals surface area contributed by atoms with Gasteiger partial charge in [-0.05, 0) is 37.6 Å². The fraction of sp³-hybridized carbons (Fsp3) is 0.357. The van der Waals surface area contributed by atoms with E-state index in [1.165, 1.54) is 9.75 Å². The van der Waals surface area contributed by atoms with Gasteiger partial charge in [-0.3, -0.25) is 0 Å². The smallest absolute Gasteiger partial charge is 0.239 e. The molecule has 0 aliphatic heterocycles. The van der Waals surface area contributed by atoms with Crippen molar-refractivity contribution in [3.05, 3.63) is 34.0 Å². The number of hydrogen-bond donors (Lipinski definition) is 2. The molecule has 2 aromatic heterocycles.